The summed E-state index contributed by atoms with van der Waals surface area (Å²) in [6, 6.07) is 4.02. The third-order valence-electron chi connectivity index (χ3n) is 12.5. The van der Waals surface area contributed by atoms with Crippen molar-refractivity contribution in [2.45, 2.75) is 115 Å². The number of fused-ring (bicyclic) bond motifs is 7. The number of hydrogen-bond donors (Lipinski definition) is 0. The molecule has 260 valence electrons. The van der Waals surface area contributed by atoms with Gasteiger partial charge in [-0.1, -0.05) is 33.1 Å². The van der Waals surface area contributed by atoms with Gasteiger partial charge in [0.1, 0.15) is 23.7 Å². The van der Waals surface area contributed by atoms with E-state index < -0.39 is 59.0 Å². The second-order valence-corrected chi connectivity index (χ2v) is 15.7. The first-order valence-electron chi connectivity index (χ1n) is 17.7. The number of amides is 1. The zero-order valence-corrected chi connectivity index (χ0v) is 28.4. The van der Waals surface area contributed by atoms with Crippen molar-refractivity contribution in [1.82, 2.24) is 14.9 Å². The van der Waals surface area contributed by atoms with Gasteiger partial charge in [0.05, 0.1) is 43.1 Å². The number of esters is 1. The average Bonchev–Trinajstić information content (AvgIpc) is 3.36. The Bertz CT molecular complexity index is 1600. The van der Waals surface area contributed by atoms with E-state index in [1.807, 2.05) is 6.92 Å². The van der Waals surface area contributed by atoms with Crippen LogP contribution in [0.4, 0.5) is 8.78 Å². The highest BCUT2D eigenvalue weighted by molar-refractivity contribution is 5.87. The number of ether oxygens (including phenoxy) is 3. The Hall–Kier alpha value is -3.37. The Balaban J connectivity index is 1.29. The lowest BCUT2D eigenvalue weighted by atomic mass is 9.73. The normalized spacial score (nSPS) is 36.2. The molecule has 11 heteroatoms. The molecule has 8 atom stereocenters. The van der Waals surface area contributed by atoms with Gasteiger partial charge >= 0.3 is 5.97 Å². The van der Waals surface area contributed by atoms with Gasteiger partial charge in [-0.25, -0.2) is 9.97 Å². The van der Waals surface area contributed by atoms with Gasteiger partial charge in [-0.3, -0.25) is 9.59 Å². The molecule has 1 saturated heterocycles. The van der Waals surface area contributed by atoms with Crippen molar-refractivity contribution in [3.63, 3.8) is 0 Å². The summed E-state index contributed by atoms with van der Waals surface area (Å²) in [5.74, 6) is -4.03. The summed E-state index contributed by atoms with van der Waals surface area (Å²) in [6.07, 6.45) is 6.26. The van der Waals surface area contributed by atoms with Crippen LogP contribution in [-0.2, 0) is 25.0 Å². The first-order chi connectivity index (χ1) is 22.9. The van der Waals surface area contributed by atoms with Gasteiger partial charge in [-0.2, -0.15) is 8.78 Å². The zero-order chi connectivity index (χ0) is 34.0. The van der Waals surface area contributed by atoms with E-state index in [0.29, 0.717) is 35.9 Å². The van der Waals surface area contributed by atoms with Gasteiger partial charge in [0.15, 0.2) is 5.69 Å². The number of halogens is 2. The average molecular weight is 668 g/mol. The Kier molecular flexibility index (Phi) is 8.42. The number of carbonyl (C=O) groups excluding carboxylic acids is 3. The number of aldehydes is 1. The van der Waals surface area contributed by atoms with Gasteiger partial charge < -0.3 is 23.9 Å². The minimum Gasteiger partial charge on any atom is -0.497 e. The highest BCUT2D eigenvalue weighted by atomic mass is 19.3. The second-order valence-electron chi connectivity index (χ2n) is 15.7. The largest absolute Gasteiger partial charge is 0.497 e. The molecule has 1 aromatic heterocycles. The molecule has 2 aliphatic heterocycles. The molecule has 9 nitrogen and oxygen atoms in total. The van der Waals surface area contributed by atoms with E-state index in [2.05, 4.69) is 16.9 Å². The third kappa shape index (κ3) is 5.82. The molecular weight excluding hydrogens is 620 g/mol. The van der Waals surface area contributed by atoms with Gasteiger partial charge in [0.2, 0.25) is 11.8 Å². The number of aromatic nitrogens is 2. The lowest BCUT2D eigenvalue weighted by Crippen LogP contribution is -2.47. The molecule has 0 radical (unpaired) electrons. The number of nitrogens with zero attached hydrogens (tertiary/aromatic N) is 3. The fourth-order valence-corrected chi connectivity index (χ4v) is 9.59. The molecule has 0 spiro atoms. The molecule has 7 rings (SSSR count). The molecule has 4 fully saturated rings. The molecule has 48 heavy (non-hydrogen) atoms. The van der Waals surface area contributed by atoms with E-state index in [0.717, 1.165) is 44.8 Å². The Morgan fingerprint density at radius 3 is 2.52 bits per heavy atom. The summed E-state index contributed by atoms with van der Waals surface area (Å²) in [6.45, 7) is 5.83. The van der Waals surface area contributed by atoms with Crippen LogP contribution in [0.5, 0.6) is 11.6 Å². The van der Waals surface area contributed by atoms with Crippen LogP contribution in [0.1, 0.15) is 97.1 Å². The highest BCUT2D eigenvalue weighted by Crippen LogP contribution is 2.62. The van der Waals surface area contributed by atoms with Crippen LogP contribution in [0.15, 0.2) is 18.2 Å². The van der Waals surface area contributed by atoms with E-state index in [1.165, 1.54) is 12.0 Å². The fraction of sp³-hybridized carbons (Fsp3) is 0.703. The minimum atomic E-state index is -3.35. The first-order valence-corrected chi connectivity index (χ1v) is 17.7. The summed E-state index contributed by atoms with van der Waals surface area (Å²) >= 11 is 0. The summed E-state index contributed by atoms with van der Waals surface area (Å²) in [5.41, 5.74) is -1.03. The van der Waals surface area contributed by atoms with Gasteiger partial charge in [0, 0.05) is 24.3 Å². The summed E-state index contributed by atoms with van der Waals surface area (Å²) in [4.78, 5) is 51.4. The molecule has 3 saturated carbocycles. The topological polar surface area (TPSA) is 108 Å². The number of carbonyl (C=O) groups is 3. The molecule has 3 heterocycles. The zero-order valence-electron chi connectivity index (χ0n) is 28.4. The molecule has 2 bridgehead atoms. The van der Waals surface area contributed by atoms with Crippen molar-refractivity contribution < 1.29 is 37.4 Å². The van der Waals surface area contributed by atoms with E-state index in [4.69, 9.17) is 14.2 Å². The highest BCUT2D eigenvalue weighted by Gasteiger charge is 2.61. The summed E-state index contributed by atoms with van der Waals surface area (Å²) in [5, 5.41) is 0. The molecule has 0 N–H and O–H groups in total. The fourth-order valence-electron chi connectivity index (χ4n) is 9.59. The molecule has 5 aliphatic rings. The van der Waals surface area contributed by atoms with E-state index in [-0.39, 0.29) is 42.6 Å². The molecule has 3 aliphatic carbocycles. The van der Waals surface area contributed by atoms with Crippen LogP contribution in [0, 0.1) is 35.0 Å². The molecule has 2 aromatic rings. The lowest BCUT2D eigenvalue weighted by Gasteiger charge is -2.38. The van der Waals surface area contributed by atoms with Crippen LogP contribution in [0.3, 0.4) is 0 Å². The van der Waals surface area contributed by atoms with Gasteiger partial charge in [-0.05, 0) is 74.8 Å². The predicted octanol–water partition coefficient (Wildman–Crippen LogP) is 6.64. The second kappa shape index (κ2) is 12.2. The number of alkyl halides is 2. The SMILES string of the molecule is COc1ccc2nc3c(nc2c1)O[C@H]1CN(C(=O)[C@H](C2(C)CCCC2)CC(=O)O[C@]2(C)CC4CC4[C@H]2CCCCC3(F)F)[C@H](C=O)[C@@H]1C. The third-order valence-corrected chi connectivity index (χ3v) is 12.5. The van der Waals surface area contributed by atoms with Crippen molar-refractivity contribution in [3.05, 3.63) is 23.9 Å². The van der Waals surface area contributed by atoms with Crippen LogP contribution in [-0.4, -0.2) is 64.4 Å². The van der Waals surface area contributed by atoms with Crippen molar-refractivity contribution in [2.24, 2.45) is 35.0 Å². The minimum absolute atomic E-state index is 0.00295. The van der Waals surface area contributed by atoms with Gasteiger partial charge in [-0.15, -0.1) is 0 Å². The monoisotopic (exact) mass is 667 g/mol. The Morgan fingerprint density at radius 1 is 1.04 bits per heavy atom. The van der Waals surface area contributed by atoms with E-state index >= 15 is 8.78 Å². The Labute approximate surface area is 280 Å². The quantitative estimate of drug-likeness (QED) is 0.265. The van der Waals surface area contributed by atoms with Crippen LogP contribution >= 0.6 is 0 Å². The Morgan fingerprint density at radius 2 is 1.79 bits per heavy atom. The predicted molar refractivity (Wildman–Crippen MR) is 172 cm³/mol. The van der Waals surface area contributed by atoms with Crippen LogP contribution < -0.4 is 9.47 Å². The van der Waals surface area contributed by atoms with Gasteiger partial charge in [0.25, 0.3) is 5.92 Å². The lowest BCUT2D eigenvalue weighted by molar-refractivity contribution is -0.168. The molecule has 1 aromatic carbocycles. The maximum atomic E-state index is 16.2. The maximum Gasteiger partial charge on any atom is 0.307 e. The molecule has 1 amide bonds. The van der Waals surface area contributed by atoms with Crippen LogP contribution in [0.25, 0.3) is 11.0 Å². The standard InChI is InChI=1S/C37H47F2N3O6/c1-21-29(20-43)42-19-30(21)47-33-32(40-27-11-10-23(46-4)16-28(27)41-33)37(38,39)14-6-5-9-25-24-15-22(24)18-36(25,3)48-31(44)17-26(34(42)45)35(2)12-7-8-13-35/h10-11,16,20-22,24-26,29-30H,5-9,12-15,17-19H2,1-4H3/t21-,22?,24?,25+,26+,29+,30-,36+/m0/s1. The molecular formula is C37H47F2N3O6. The number of rotatable bonds is 3. The van der Waals surface area contributed by atoms with Crippen molar-refractivity contribution >= 4 is 29.2 Å². The van der Waals surface area contributed by atoms with E-state index in [1.54, 1.807) is 25.1 Å². The summed E-state index contributed by atoms with van der Waals surface area (Å²) in [7, 11) is 1.51. The first kappa shape index (κ1) is 33.1. The number of benzene rings is 1. The smallest absolute Gasteiger partial charge is 0.307 e. The maximum absolute atomic E-state index is 16.2. The number of hydrogen-bond acceptors (Lipinski definition) is 8. The number of methoxy groups -OCH3 is 1. The summed E-state index contributed by atoms with van der Waals surface area (Å²) < 4.78 is 50.3. The van der Waals surface area contributed by atoms with Crippen LogP contribution in [0.2, 0.25) is 0 Å². The molecule has 2 unspecified atom stereocenters. The van der Waals surface area contributed by atoms with E-state index in [9.17, 15) is 14.4 Å². The van der Waals surface area contributed by atoms with Crippen molar-refractivity contribution in [2.75, 3.05) is 13.7 Å². The van der Waals surface area contributed by atoms with Crippen molar-refractivity contribution in [3.8, 4) is 11.6 Å². The van der Waals surface area contributed by atoms with Crippen molar-refractivity contribution in [1.29, 1.82) is 0 Å².